The zero-order valence-electron chi connectivity index (χ0n) is 12.1. The molecule has 3 aromatic rings. The summed E-state index contributed by atoms with van der Waals surface area (Å²) < 4.78 is 2.58. The topological polar surface area (TPSA) is 68.4 Å². The molecule has 2 heterocycles. The first-order chi connectivity index (χ1) is 10.6. The second-order valence-electron chi connectivity index (χ2n) is 5.07. The van der Waals surface area contributed by atoms with Crippen molar-refractivity contribution in [1.29, 1.82) is 0 Å². The van der Waals surface area contributed by atoms with Crippen molar-refractivity contribution in [3.63, 3.8) is 0 Å². The zero-order chi connectivity index (χ0) is 15.5. The highest BCUT2D eigenvalue weighted by Gasteiger charge is 2.13. The van der Waals surface area contributed by atoms with Crippen LogP contribution in [0.1, 0.15) is 18.5 Å². The number of benzene rings is 1. The van der Waals surface area contributed by atoms with Crippen LogP contribution in [0.4, 0.5) is 0 Å². The van der Waals surface area contributed by atoms with Crippen LogP contribution < -0.4 is 11.0 Å². The minimum absolute atomic E-state index is 0.0995. The van der Waals surface area contributed by atoms with Gasteiger partial charge in [0.05, 0.1) is 6.04 Å². The number of carbonyl (C=O) groups excluding carboxylic acids is 1. The van der Waals surface area contributed by atoms with E-state index in [1.807, 2.05) is 37.3 Å². The van der Waals surface area contributed by atoms with E-state index in [0.717, 1.165) is 5.56 Å². The molecule has 1 N–H and O–H groups in total. The Labute approximate surface area is 127 Å². The molecular weight excluding hydrogens is 280 g/mol. The van der Waals surface area contributed by atoms with Gasteiger partial charge in [-0.15, -0.1) is 5.10 Å². The average Bonchev–Trinajstić information content (AvgIpc) is 2.84. The van der Waals surface area contributed by atoms with Crippen molar-refractivity contribution in [3.8, 4) is 0 Å². The molecule has 112 valence electrons. The van der Waals surface area contributed by atoms with Crippen LogP contribution >= 0.6 is 0 Å². The molecule has 3 rings (SSSR count). The van der Waals surface area contributed by atoms with Crippen LogP contribution in [-0.2, 0) is 11.3 Å². The molecule has 6 nitrogen and oxygen atoms in total. The number of hydrogen-bond donors (Lipinski definition) is 1. The molecule has 1 amide bonds. The fourth-order valence-electron chi connectivity index (χ4n) is 2.32. The molecule has 6 heteroatoms. The van der Waals surface area contributed by atoms with Crippen molar-refractivity contribution in [1.82, 2.24) is 19.5 Å². The Hall–Kier alpha value is -2.89. The Kier molecular flexibility index (Phi) is 3.74. The summed E-state index contributed by atoms with van der Waals surface area (Å²) in [5, 5.41) is 7.01. The monoisotopic (exact) mass is 296 g/mol. The van der Waals surface area contributed by atoms with Crippen LogP contribution in [0.5, 0.6) is 0 Å². The Morgan fingerprint density at radius 2 is 1.91 bits per heavy atom. The summed E-state index contributed by atoms with van der Waals surface area (Å²) >= 11 is 0. The minimum atomic E-state index is -0.321. The van der Waals surface area contributed by atoms with Gasteiger partial charge in [-0.1, -0.05) is 36.4 Å². The van der Waals surface area contributed by atoms with E-state index in [-0.39, 0.29) is 24.2 Å². The summed E-state index contributed by atoms with van der Waals surface area (Å²) in [4.78, 5) is 24.2. The fraction of sp³-hybridized carbons (Fsp3) is 0.188. The largest absolute Gasteiger partial charge is 0.350 e. The maximum Gasteiger partial charge on any atom is 0.350 e. The van der Waals surface area contributed by atoms with E-state index in [0.29, 0.717) is 5.65 Å². The lowest BCUT2D eigenvalue weighted by Crippen LogP contribution is -2.34. The molecule has 2 aromatic heterocycles. The van der Waals surface area contributed by atoms with Crippen LogP contribution in [0.3, 0.4) is 0 Å². The fourth-order valence-corrected chi connectivity index (χ4v) is 2.32. The molecule has 0 aliphatic rings. The van der Waals surface area contributed by atoms with Gasteiger partial charge in [-0.2, -0.15) is 0 Å². The third kappa shape index (κ3) is 2.76. The molecule has 1 unspecified atom stereocenters. The highest BCUT2D eigenvalue weighted by Crippen LogP contribution is 2.10. The van der Waals surface area contributed by atoms with Gasteiger partial charge >= 0.3 is 5.69 Å². The first-order valence-electron chi connectivity index (χ1n) is 7.03. The van der Waals surface area contributed by atoms with Crippen LogP contribution in [0.25, 0.3) is 5.65 Å². The molecule has 0 spiro atoms. The Balaban J connectivity index is 1.73. The molecule has 0 bridgehead atoms. The number of fused-ring (bicyclic) bond motifs is 1. The van der Waals surface area contributed by atoms with Gasteiger partial charge in [0.15, 0.2) is 5.65 Å². The van der Waals surface area contributed by atoms with E-state index < -0.39 is 0 Å². The highest BCUT2D eigenvalue weighted by atomic mass is 16.2. The SMILES string of the molecule is CC(NC(=O)Cn1nc2ccccn2c1=O)c1ccccc1. The Morgan fingerprint density at radius 3 is 2.64 bits per heavy atom. The summed E-state index contributed by atoms with van der Waals surface area (Å²) in [6, 6.07) is 14.8. The normalized spacial score (nSPS) is 12.2. The predicted molar refractivity (Wildman–Crippen MR) is 82.5 cm³/mol. The van der Waals surface area contributed by atoms with Crippen molar-refractivity contribution < 1.29 is 4.79 Å². The third-order valence-corrected chi connectivity index (χ3v) is 3.46. The van der Waals surface area contributed by atoms with Crippen LogP contribution in [0.15, 0.2) is 59.5 Å². The first-order valence-corrected chi connectivity index (χ1v) is 7.03. The molecular formula is C16H16N4O2. The van der Waals surface area contributed by atoms with E-state index >= 15 is 0 Å². The third-order valence-electron chi connectivity index (χ3n) is 3.46. The number of amides is 1. The number of pyridine rings is 1. The van der Waals surface area contributed by atoms with Crippen LogP contribution in [0.2, 0.25) is 0 Å². The summed E-state index contributed by atoms with van der Waals surface area (Å²) in [6.07, 6.45) is 1.63. The number of nitrogens with one attached hydrogen (secondary N) is 1. The maximum absolute atomic E-state index is 12.1. The van der Waals surface area contributed by atoms with Gasteiger partial charge in [0.1, 0.15) is 6.54 Å². The first kappa shape index (κ1) is 14.1. The van der Waals surface area contributed by atoms with E-state index in [1.165, 1.54) is 9.08 Å². The predicted octanol–water partition coefficient (Wildman–Crippen LogP) is 1.37. The Morgan fingerprint density at radius 1 is 1.18 bits per heavy atom. The number of carbonyl (C=O) groups is 1. The quantitative estimate of drug-likeness (QED) is 0.790. The second kappa shape index (κ2) is 5.85. The molecule has 1 aromatic carbocycles. The minimum Gasteiger partial charge on any atom is -0.348 e. The smallest absolute Gasteiger partial charge is 0.348 e. The lowest BCUT2D eigenvalue weighted by Gasteiger charge is -2.13. The van der Waals surface area contributed by atoms with Gasteiger partial charge in [0.2, 0.25) is 5.91 Å². The van der Waals surface area contributed by atoms with Gasteiger partial charge in [-0.05, 0) is 24.6 Å². The molecule has 0 fully saturated rings. The standard InChI is InChI=1S/C16H16N4O2/c1-12(13-7-3-2-4-8-13)17-15(21)11-20-16(22)19-10-6-5-9-14(19)18-20/h2-10,12H,11H2,1H3,(H,17,21). The van der Waals surface area contributed by atoms with E-state index in [4.69, 9.17) is 0 Å². The second-order valence-corrected chi connectivity index (χ2v) is 5.07. The molecule has 0 aliphatic heterocycles. The van der Waals surface area contributed by atoms with Gasteiger partial charge < -0.3 is 5.32 Å². The van der Waals surface area contributed by atoms with Crippen LogP contribution in [-0.4, -0.2) is 20.1 Å². The summed E-state index contributed by atoms with van der Waals surface area (Å²) in [5.74, 6) is -0.248. The van der Waals surface area contributed by atoms with Crippen molar-refractivity contribution >= 4 is 11.6 Å². The van der Waals surface area contributed by atoms with E-state index in [2.05, 4.69) is 10.4 Å². The zero-order valence-corrected chi connectivity index (χ0v) is 12.1. The maximum atomic E-state index is 12.1. The lowest BCUT2D eigenvalue weighted by atomic mass is 10.1. The van der Waals surface area contributed by atoms with Crippen molar-refractivity contribution in [3.05, 3.63) is 70.8 Å². The molecule has 0 radical (unpaired) electrons. The van der Waals surface area contributed by atoms with Crippen molar-refractivity contribution in [2.75, 3.05) is 0 Å². The van der Waals surface area contributed by atoms with Crippen molar-refractivity contribution in [2.24, 2.45) is 0 Å². The average molecular weight is 296 g/mol. The summed E-state index contributed by atoms with van der Waals surface area (Å²) in [5.41, 5.74) is 1.22. The lowest BCUT2D eigenvalue weighted by molar-refractivity contribution is -0.122. The number of rotatable bonds is 4. The summed E-state index contributed by atoms with van der Waals surface area (Å²) in [6.45, 7) is 1.80. The van der Waals surface area contributed by atoms with Gasteiger partial charge in [0.25, 0.3) is 0 Å². The number of nitrogens with zero attached hydrogens (tertiary/aromatic N) is 3. The molecule has 0 saturated heterocycles. The molecule has 22 heavy (non-hydrogen) atoms. The van der Waals surface area contributed by atoms with Gasteiger partial charge in [0, 0.05) is 6.20 Å². The Bertz CT molecular complexity index is 851. The molecule has 1 atom stereocenters. The number of hydrogen-bond acceptors (Lipinski definition) is 3. The van der Waals surface area contributed by atoms with Crippen molar-refractivity contribution in [2.45, 2.75) is 19.5 Å². The van der Waals surface area contributed by atoms with Gasteiger partial charge in [-0.25, -0.2) is 9.48 Å². The molecule has 0 saturated carbocycles. The van der Waals surface area contributed by atoms with Gasteiger partial charge in [-0.3, -0.25) is 9.20 Å². The number of aromatic nitrogens is 3. The molecule has 0 aliphatic carbocycles. The van der Waals surface area contributed by atoms with E-state index in [1.54, 1.807) is 24.4 Å². The van der Waals surface area contributed by atoms with E-state index in [9.17, 15) is 9.59 Å². The highest BCUT2D eigenvalue weighted by molar-refractivity contribution is 5.76. The summed E-state index contributed by atoms with van der Waals surface area (Å²) in [7, 11) is 0. The van der Waals surface area contributed by atoms with Crippen LogP contribution in [0, 0.1) is 0 Å².